The van der Waals surface area contributed by atoms with Gasteiger partial charge in [0.05, 0.1) is 0 Å². The van der Waals surface area contributed by atoms with E-state index in [0.717, 1.165) is 4.46 Å². The van der Waals surface area contributed by atoms with Crippen molar-refractivity contribution in [2.75, 3.05) is 0 Å². The predicted molar refractivity (Wildman–Crippen MR) is 88.9 cm³/mol. The van der Waals surface area contributed by atoms with Crippen molar-refractivity contribution < 1.29 is 14.3 Å². The molecule has 1 aromatic rings. The van der Waals surface area contributed by atoms with Crippen LogP contribution in [-0.4, -0.2) is 31.7 Å². The second kappa shape index (κ2) is 6.41. The summed E-state index contributed by atoms with van der Waals surface area (Å²) < 4.78 is 11.8. The van der Waals surface area contributed by atoms with Crippen LogP contribution in [0.1, 0.15) is 20.8 Å². The number of ether oxygens (including phenoxy) is 2. The summed E-state index contributed by atoms with van der Waals surface area (Å²) in [4.78, 5) is 12.7. The molecule has 0 saturated carbocycles. The van der Waals surface area contributed by atoms with E-state index in [1.807, 2.05) is 51.1 Å². The molecule has 118 valence electrons. The van der Waals surface area contributed by atoms with Crippen molar-refractivity contribution in [2.45, 2.75) is 31.6 Å². The van der Waals surface area contributed by atoms with E-state index in [1.165, 1.54) is 0 Å². The van der Waals surface area contributed by atoms with Gasteiger partial charge in [0.15, 0.2) is 0 Å². The van der Waals surface area contributed by atoms with Gasteiger partial charge in [0, 0.05) is 0 Å². The minimum absolute atomic E-state index is 0.252. The zero-order chi connectivity index (χ0) is 16.4. The first kappa shape index (κ1) is 17.0. The van der Waals surface area contributed by atoms with Crippen LogP contribution in [0.5, 0.6) is 0 Å². The van der Waals surface area contributed by atoms with E-state index >= 15 is 0 Å². The number of hydrogen-bond donors (Lipinski definition) is 0. The van der Waals surface area contributed by atoms with Crippen molar-refractivity contribution in [2.24, 2.45) is 11.3 Å². The monoisotopic (exact) mass is 366 g/mol. The third kappa shape index (κ3) is 3.19. The average molecular weight is 365 g/mol. The van der Waals surface area contributed by atoms with Crippen molar-refractivity contribution in [3.63, 3.8) is 0 Å². The van der Waals surface area contributed by atoms with Crippen molar-refractivity contribution in [1.29, 1.82) is 0 Å². The van der Waals surface area contributed by atoms with Crippen LogP contribution in [0.2, 0.25) is 0 Å². The summed E-state index contributed by atoms with van der Waals surface area (Å²) in [7, 11) is 0. The summed E-state index contributed by atoms with van der Waals surface area (Å²) in [6.45, 7) is 13.7. The van der Waals surface area contributed by atoms with Crippen molar-refractivity contribution in [3.05, 3.63) is 55.6 Å². The maximum atomic E-state index is 12.7. The van der Waals surface area contributed by atoms with Gasteiger partial charge in [-0.1, -0.05) is 0 Å². The molecule has 0 bridgehead atoms. The first-order valence-corrected chi connectivity index (χ1v) is 8.93. The van der Waals surface area contributed by atoms with Gasteiger partial charge in [-0.3, -0.25) is 0 Å². The molecule has 1 aliphatic heterocycles. The number of esters is 1. The van der Waals surface area contributed by atoms with Gasteiger partial charge in [-0.25, -0.2) is 0 Å². The molecular formula is C18H22O3Se. The van der Waals surface area contributed by atoms with Crippen LogP contribution in [0.4, 0.5) is 0 Å². The fourth-order valence-corrected chi connectivity index (χ4v) is 4.78. The van der Waals surface area contributed by atoms with Crippen LogP contribution in [0.25, 0.3) is 0 Å². The van der Waals surface area contributed by atoms with Crippen molar-refractivity contribution >= 4 is 25.4 Å². The molecule has 2 rings (SSSR count). The molecule has 1 aliphatic rings. The van der Waals surface area contributed by atoms with Crippen LogP contribution in [0.15, 0.2) is 55.6 Å². The van der Waals surface area contributed by atoms with Crippen LogP contribution < -0.4 is 4.46 Å². The van der Waals surface area contributed by atoms with Gasteiger partial charge in [-0.15, -0.1) is 0 Å². The topological polar surface area (TPSA) is 35.5 Å². The normalized spacial score (nSPS) is 25.1. The molecule has 2 atom stereocenters. The molecule has 1 heterocycles. The molecule has 0 aliphatic carbocycles. The Morgan fingerprint density at radius 2 is 1.82 bits per heavy atom. The Morgan fingerprint density at radius 1 is 1.23 bits per heavy atom. The summed E-state index contributed by atoms with van der Waals surface area (Å²) >= 11 is -0.252. The molecule has 4 heteroatoms. The van der Waals surface area contributed by atoms with Gasteiger partial charge in [0.25, 0.3) is 0 Å². The average Bonchev–Trinajstić information content (AvgIpc) is 2.79. The third-order valence-corrected chi connectivity index (χ3v) is 6.27. The molecule has 1 fully saturated rings. The van der Waals surface area contributed by atoms with E-state index in [2.05, 4.69) is 13.2 Å². The van der Waals surface area contributed by atoms with Gasteiger partial charge in [-0.05, 0) is 0 Å². The second-order valence-corrected chi connectivity index (χ2v) is 8.99. The van der Waals surface area contributed by atoms with Crippen molar-refractivity contribution in [3.8, 4) is 0 Å². The summed E-state index contributed by atoms with van der Waals surface area (Å²) in [5.74, 6) is -0.603. The van der Waals surface area contributed by atoms with Crippen LogP contribution in [0.3, 0.4) is 0 Å². The third-order valence-electron chi connectivity index (χ3n) is 3.45. The molecule has 0 unspecified atom stereocenters. The quantitative estimate of drug-likeness (QED) is 0.457. The Hall–Kier alpha value is -1.35. The maximum absolute atomic E-state index is 12.7. The Labute approximate surface area is 138 Å². The van der Waals surface area contributed by atoms with E-state index in [1.54, 1.807) is 12.2 Å². The summed E-state index contributed by atoms with van der Waals surface area (Å²) in [5, 5.41) is 0. The molecule has 0 radical (unpaired) electrons. The Morgan fingerprint density at radius 3 is 2.27 bits per heavy atom. The zero-order valence-corrected chi connectivity index (χ0v) is 15.0. The summed E-state index contributed by atoms with van der Waals surface area (Å²) in [6.07, 6.45) is 2.86. The number of carbonyl (C=O) groups excluding carboxylic acids is 1. The van der Waals surface area contributed by atoms with Gasteiger partial charge in [0.1, 0.15) is 0 Å². The number of cyclic esters (lactones) is 1. The Bertz CT molecular complexity index is 553. The van der Waals surface area contributed by atoms with Gasteiger partial charge < -0.3 is 0 Å². The number of hydrogen-bond acceptors (Lipinski definition) is 3. The molecule has 1 aromatic carbocycles. The summed E-state index contributed by atoms with van der Waals surface area (Å²) in [6, 6.07) is 9.89. The van der Waals surface area contributed by atoms with Gasteiger partial charge >= 0.3 is 138 Å². The van der Waals surface area contributed by atoms with E-state index in [-0.39, 0.29) is 32.3 Å². The minimum atomic E-state index is -1.03. The van der Waals surface area contributed by atoms with Crippen LogP contribution in [0, 0.1) is 11.3 Å². The van der Waals surface area contributed by atoms with Gasteiger partial charge in [-0.2, -0.15) is 0 Å². The van der Waals surface area contributed by atoms with E-state index in [9.17, 15) is 4.79 Å². The zero-order valence-electron chi connectivity index (χ0n) is 13.2. The Balaban J connectivity index is 2.41. The molecule has 0 N–H and O–H groups in total. The number of rotatable bonds is 5. The molecule has 1 saturated heterocycles. The van der Waals surface area contributed by atoms with Crippen LogP contribution >= 0.6 is 0 Å². The second-order valence-electron chi connectivity index (χ2n) is 6.30. The van der Waals surface area contributed by atoms with E-state index in [0.29, 0.717) is 0 Å². The first-order valence-electron chi connectivity index (χ1n) is 7.21. The molecule has 0 spiro atoms. The number of carbonyl (C=O) groups is 1. The van der Waals surface area contributed by atoms with E-state index < -0.39 is 10.8 Å². The van der Waals surface area contributed by atoms with Crippen LogP contribution in [-0.2, 0) is 14.3 Å². The molecular weight excluding hydrogens is 343 g/mol. The SMILES string of the molecule is C=CC(C=C)[C@@]1([Se]c2ccccc2)O[C@@H](C(C)(C)C)OC1=O. The molecule has 0 amide bonds. The van der Waals surface area contributed by atoms with Gasteiger partial charge in [0.2, 0.25) is 0 Å². The summed E-state index contributed by atoms with van der Waals surface area (Å²) in [5.41, 5.74) is -0.281. The first-order chi connectivity index (χ1) is 10.3. The fraction of sp³-hybridized carbons (Fsp3) is 0.389. The fourth-order valence-electron chi connectivity index (χ4n) is 2.18. The molecule has 3 nitrogen and oxygen atoms in total. The number of benzene rings is 1. The Kier molecular flexibility index (Phi) is 4.96. The molecule has 0 aromatic heterocycles. The van der Waals surface area contributed by atoms with Crippen molar-refractivity contribution in [1.82, 2.24) is 0 Å². The van der Waals surface area contributed by atoms with E-state index in [4.69, 9.17) is 9.47 Å². The molecule has 22 heavy (non-hydrogen) atoms. The predicted octanol–water partition coefficient (Wildman–Crippen LogP) is 2.65. The standard InChI is InChI=1S/C18H22O3Se/c1-6-13(7-2)18(22-14-11-9-8-10-12-14)15(19)20-16(21-18)17(3,4)5/h6-13,16H,1-2H2,3-5H3/t16-,18-/m0/s1.